The summed E-state index contributed by atoms with van der Waals surface area (Å²) >= 11 is 6.01. The summed E-state index contributed by atoms with van der Waals surface area (Å²) in [5.74, 6) is 0.953. The fraction of sp³-hybridized carbons (Fsp3) is 0.471. The number of rotatable bonds is 4. The van der Waals surface area contributed by atoms with Crippen molar-refractivity contribution < 1.29 is 13.2 Å². The predicted molar refractivity (Wildman–Crippen MR) is 97.4 cm³/mol. The normalized spacial score (nSPS) is 17.9. The van der Waals surface area contributed by atoms with Gasteiger partial charge in [0.2, 0.25) is 17.2 Å². The van der Waals surface area contributed by atoms with E-state index in [1.807, 2.05) is 9.80 Å². The molecule has 27 heavy (non-hydrogen) atoms. The SMILES string of the molecule is FC(F)(F)c1cccc(N2CCN(c3nc(Cl)nc(NC4CC4)n3)CC2)c1. The Morgan fingerprint density at radius 2 is 1.70 bits per heavy atom. The molecule has 2 fully saturated rings. The van der Waals surface area contributed by atoms with Crippen molar-refractivity contribution in [1.29, 1.82) is 0 Å². The first kappa shape index (κ1) is 18.1. The zero-order chi connectivity index (χ0) is 19.0. The van der Waals surface area contributed by atoms with Crippen LogP contribution in [0.5, 0.6) is 0 Å². The zero-order valence-electron chi connectivity index (χ0n) is 14.4. The summed E-state index contributed by atoms with van der Waals surface area (Å²) in [5.41, 5.74) is -0.0725. The van der Waals surface area contributed by atoms with E-state index in [0.29, 0.717) is 49.8 Å². The summed E-state index contributed by atoms with van der Waals surface area (Å²) in [7, 11) is 0. The molecule has 0 amide bonds. The molecule has 1 saturated heterocycles. The highest BCUT2D eigenvalue weighted by atomic mass is 35.5. The first-order chi connectivity index (χ1) is 12.9. The summed E-state index contributed by atoms with van der Waals surface area (Å²) in [6, 6.07) is 5.80. The van der Waals surface area contributed by atoms with E-state index in [-0.39, 0.29) is 5.28 Å². The van der Waals surface area contributed by atoms with Crippen LogP contribution in [0.2, 0.25) is 5.28 Å². The molecule has 144 valence electrons. The van der Waals surface area contributed by atoms with Crippen LogP contribution >= 0.6 is 11.6 Å². The lowest BCUT2D eigenvalue weighted by molar-refractivity contribution is -0.137. The maximum Gasteiger partial charge on any atom is 0.416 e. The Morgan fingerprint density at radius 1 is 1.00 bits per heavy atom. The number of hydrogen-bond acceptors (Lipinski definition) is 6. The molecule has 1 aromatic heterocycles. The zero-order valence-corrected chi connectivity index (χ0v) is 15.1. The number of nitrogens with zero attached hydrogens (tertiary/aromatic N) is 5. The number of halogens is 4. The Balaban J connectivity index is 1.44. The lowest BCUT2D eigenvalue weighted by atomic mass is 10.1. The maximum atomic E-state index is 12.9. The number of benzene rings is 1. The molecule has 1 aliphatic heterocycles. The van der Waals surface area contributed by atoms with Crippen LogP contribution in [0.4, 0.5) is 30.8 Å². The van der Waals surface area contributed by atoms with Crippen LogP contribution in [0.15, 0.2) is 24.3 Å². The minimum absolute atomic E-state index is 0.128. The summed E-state index contributed by atoms with van der Waals surface area (Å²) < 4.78 is 38.8. The van der Waals surface area contributed by atoms with Gasteiger partial charge in [0.15, 0.2) is 0 Å². The second kappa shape index (κ2) is 7.03. The first-order valence-corrected chi connectivity index (χ1v) is 9.11. The third kappa shape index (κ3) is 4.35. The molecule has 0 spiro atoms. The molecule has 0 bridgehead atoms. The van der Waals surface area contributed by atoms with Gasteiger partial charge in [-0.1, -0.05) is 6.07 Å². The van der Waals surface area contributed by atoms with Gasteiger partial charge < -0.3 is 15.1 Å². The van der Waals surface area contributed by atoms with Gasteiger partial charge in [-0.15, -0.1) is 0 Å². The van der Waals surface area contributed by atoms with Gasteiger partial charge in [-0.2, -0.15) is 28.1 Å². The Kier molecular flexibility index (Phi) is 4.71. The van der Waals surface area contributed by atoms with E-state index < -0.39 is 11.7 Å². The van der Waals surface area contributed by atoms with Crippen molar-refractivity contribution in [2.24, 2.45) is 0 Å². The molecule has 1 aliphatic carbocycles. The highest BCUT2D eigenvalue weighted by Crippen LogP contribution is 2.32. The van der Waals surface area contributed by atoms with Crippen LogP contribution in [0.3, 0.4) is 0 Å². The number of nitrogens with one attached hydrogen (secondary N) is 1. The summed E-state index contributed by atoms with van der Waals surface area (Å²) in [5, 5.41) is 3.33. The van der Waals surface area contributed by atoms with Gasteiger partial charge in [-0.3, -0.25) is 0 Å². The van der Waals surface area contributed by atoms with Crippen molar-refractivity contribution in [2.75, 3.05) is 41.3 Å². The fourth-order valence-corrected chi connectivity index (χ4v) is 3.16. The topological polar surface area (TPSA) is 57.2 Å². The minimum Gasteiger partial charge on any atom is -0.368 e. The molecule has 4 rings (SSSR count). The van der Waals surface area contributed by atoms with E-state index in [1.165, 1.54) is 12.1 Å². The Hall–Kier alpha value is -2.29. The van der Waals surface area contributed by atoms with Crippen LogP contribution < -0.4 is 15.1 Å². The number of anilines is 3. The number of aromatic nitrogens is 3. The predicted octanol–water partition coefficient (Wildman–Crippen LogP) is 3.44. The van der Waals surface area contributed by atoms with Crippen molar-refractivity contribution in [1.82, 2.24) is 15.0 Å². The second-order valence-electron chi connectivity index (χ2n) is 6.67. The third-order valence-corrected chi connectivity index (χ3v) is 4.78. The Morgan fingerprint density at radius 3 is 2.37 bits per heavy atom. The minimum atomic E-state index is -4.34. The summed E-state index contributed by atoms with van der Waals surface area (Å²) in [6.45, 7) is 2.30. The quantitative estimate of drug-likeness (QED) is 0.851. The first-order valence-electron chi connectivity index (χ1n) is 8.74. The fourth-order valence-electron chi connectivity index (χ4n) is 3.00. The van der Waals surface area contributed by atoms with Crippen molar-refractivity contribution in [2.45, 2.75) is 25.1 Å². The van der Waals surface area contributed by atoms with Gasteiger partial charge in [0.25, 0.3) is 0 Å². The Labute approximate surface area is 159 Å². The van der Waals surface area contributed by atoms with Gasteiger partial charge in [0.05, 0.1) is 5.56 Å². The van der Waals surface area contributed by atoms with E-state index in [4.69, 9.17) is 11.6 Å². The smallest absolute Gasteiger partial charge is 0.368 e. The lowest BCUT2D eigenvalue weighted by Crippen LogP contribution is -2.47. The van der Waals surface area contributed by atoms with Gasteiger partial charge >= 0.3 is 6.18 Å². The van der Waals surface area contributed by atoms with Gasteiger partial charge in [-0.25, -0.2) is 0 Å². The van der Waals surface area contributed by atoms with Crippen molar-refractivity contribution >= 4 is 29.2 Å². The molecule has 2 heterocycles. The molecule has 0 unspecified atom stereocenters. The van der Waals surface area contributed by atoms with Crippen LogP contribution in [0.25, 0.3) is 0 Å². The molecule has 1 saturated carbocycles. The van der Waals surface area contributed by atoms with Gasteiger partial charge in [0, 0.05) is 37.9 Å². The van der Waals surface area contributed by atoms with Crippen LogP contribution in [0.1, 0.15) is 18.4 Å². The number of alkyl halides is 3. The van der Waals surface area contributed by atoms with E-state index in [0.717, 1.165) is 18.9 Å². The maximum absolute atomic E-state index is 12.9. The van der Waals surface area contributed by atoms with Crippen LogP contribution in [-0.4, -0.2) is 47.2 Å². The summed E-state index contributed by atoms with van der Waals surface area (Å²) in [4.78, 5) is 16.6. The number of piperazine rings is 1. The monoisotopic (exact) mass is 398 g/mol. The molecule has 6 nitrogen and oxygen atoms in total. The Bertz CT molecular complexity index is 819. The lowest BCUT2D eigenvalue weighted by Gasteiger charge is -2.36. The van der Waals surface area contributed by atoms with Crippen molar-refractivity contribution in [3.05, 3.63) is 35.1 Å². The third-order valence-electron chi connectivity index (χ3n) is 4.61. The van der Waals surface area contributed by atoms with Crippen molar-refractivity contribution in [3.8, 4) is 0 Å². The van der Waals surface area contributed by atoms with Crippen LogP contribution in [0, 0.1) is 0 Å². The molecule has 2 aliphatic rings. The van der Waals surface area contributed by atoms with Crippen molar-refractivity contribution in [3.63, 3.8) is 0 Å². The molecule has 0 atom stereocenters. The second-order valence-corrected chi connectivity index (χ2v) is 7.01. The van der Waals surface area contributed by atoms with E-state index in [9.17, 15) is 13.2 Å². The van der Waals surface area contributed by atoms with Gasteiger partial charge in [-0.05, 0) is 42.6 Å². The average Bonchev–Trinajstić information content (AvgIpc) is 3.45. The van der Waals surface area contributed by atoms with Crippen LogP contribution in [-0.2, 0) is 6.18 Å². The summed E-state index contributed by atoms with van der Waals surface area (Å²) in [6.07, 6.45) is -2.16. The standard InChI is InChI=1S/C17H18ClF3N6/c18-14-23-15(22-12-4-5-12)25-16(24-14)27-8-6-26(7-9-27)13-3-1-2-11(10-13)17(19,20)21/h1-3,10,12H,4-9H2,(H,22,23,24,25). The molecule has 1 N–H and O–H groups in total. The largest absolute Gasteiger partial charge is 0.416 e. The number of hydrogen-bond donors (Lipinski definition) is 1. The molecule has 2 aromatic rings. The van der Waals surface area contributed by atoms with E-state index in [1.54, 1.807) is 6.07 Å². The average molecular weight is 399 g/mol. The van der Waals surface area contributed by atoms with E-state index >= 15 is 0 Å². The molecule has 10 heteroatoms. The molecular weight excluding hydrogens is 381 g/mol. The molecule has 1 aromatic carbocycles. The highest BCUT2D eigenvalue weighted by molar-refractivity contribution is 6.28. The highest BCUT2D eigenvalue weighted by Gasteiger charge is 2.31. The molecule has 0 radical (unpaired) electrons. The molecular formula is C17H18ClF3N6. The van der Waals surface area contributed by atoms with E-state index in [2.05, 4.69) is 20.3 Å². The van der Waals surface area contributed by atoms with Gasteiger partial charge in [0.1, 0.15) is 0 Å².